The molecule has 3 nitrogen and oxygen atoms in total. The van der Waals surface area contributed by atoms with Crippen LogP contribution in [0.3, 0.4) is 0 Å². The molecular weight excluding hydrogens is 204 g/mol. The highest BCUT2D eigenvalue weighted by Crippen LogP contribution is 2.40. The minimum absolute atomic E-state index is 0.0332. The standard InChI is InChI=1S/C13H20O3/c14-10-12-9-11(12)5-1-3-7-15-13-6-2-4-8-16-13/h11-14H,2,4-10H2. The number of aliphatic hydroxyl groups is 1. The Morgan fingerprint density at radius 2 is 2.19 bits per heavy atom. The first-order valence-electron chi connectivity index (χ1n) is 6.20. The Bertz CT molecular complexity index is 260. The lowest BCUT2D eigenvalue weighted by molar-refractivity contribution is -0.154. The van der Waals surface area contributed by atoms with E-state index in [4.69, 9.17) is 14.6 Å². The lowest BCUT2D eigenvalue weighted by atomic mass is 10.2. The molecule has 0 spiro atoms. The summed E-state index contributed by atoms with van der Waals surface area (Å²) < 4.78 is 10.9. The lowest BCUT2D eigenvalue weighted by Crippen LogP contribution is -2.22. The summed E-state index contributed by atoms with van der Waals surface area (Å²) in [5.41, 5.74) is 0. The maximum atomic E-state index is 8.86. The lowest BCUT2D eigenvalue weighted by Gasteiger charge is -2.21. The third-order valence-corrected chi connectivity index (χ3v) is 3.27. The molecule has 3 atom stereocenters. The topological polar surface area (TPSA) is 38.7 Å². The molecule has 3 unspecified atom stereocenters. The largest absolute Gasteiger partial charge is 0.396 e. The summed E-state index contributed by atoms with van der Waals surface area (Å²) in [6, 6.07) is 0. The van der Waals surface area contributed by atoms with Crippen molar-refractivity contribution < 1.29 is 14.6 Å². The molecule has 0 aromatic heterocycles. The summed E-state index contributed by atoms with van der Waals surface area (Å²) in [4.78, 5) is 0. The van der Waals surface area contributed by atoms with Crippen LogP contribution in [0.5, 0.6) is 0 Å². The van der Waals surface area contributed by atoms with Crippen LogP contribution in [0.15, 0.2) is 0 Å². The van der Waals surface area contributed by atoms with E-state index in [0.717, 1.165) is 32.3 Å². The molecule has 1 saturated heterocycles. The van der Waals surface area contributed by atoms with Crippen molar-refractivity contribution in [3.05, 3.63) is 0 Å². The van der Waals surface area contributed by atoms with Gasteiger partial charge in [-0.05, 0) is 37.5 Å². The Balaban J connectivity index is 1.52. The Kier molecular flexibility index (Phi) is 4.65. The number of hydrogen-bond acceptors (Lipinski definition) is 3. The highest BCUT2D eigenvalue weighted by atomic mass is 16.7. The van der Waals surface area contributed by atoms with Gasteiger partial charge < -0.3 is 14.6 Å². The van der Waals surface area contributed by atoms with E-state index >= 15 is 0 Å². The second kappa shape index (κ2) is 6.24. The normalized spacial score (nSPS) is 32.9. The Morgan fingerprint density at radius 1 is 1.25 bits per heavy atom. The van der Waals surface area contributed by atoms with Gasteiger partial charge in [0.15, 0.2) is 6.29 Å². The maximum absolute atomic E-state index is 8.86. The van der Waals surface area contributed by atoms with Crippen LogP contribution < -0.4 is 0 Å². The van der Waals surface area contributed by atoms with Gasteiger partial charge in [0.25, 0.3) is 0 Å². The van der Waals surface area contributed by atoms with Crippen LogP contribution in [0, 0.1) is 23.7 Å². The Labute approximate surface area is 97.1 Å². The fourth-order valence-corrected chi connectivity index (χ4v) is 2.02. The molecular formula is C13H20O3. The van der Waals surface area contributed by atoms with Gasteiger partial charge in [0.1, 0.15) is 6.61 Å². The summed E-state index contributed by atoms with van der Waals surface area (Å²) in [5, 5.41) is 8.86. The molecule has 1 heterocycles. The van der Waals surface area contributed by atoms with Crippen molar-refractivity contribution in [1.82, 2.24) is 0 Å². The van der Waals surface area contributed by atoms with Crippen molar-refractivity contribution in [3.8, 4) is 11.8 Å². The van der Waals surface area contributed by atoms with E-state index in [1.165, 1.54) is 6.42 Å². The average Bonchev–Trinajstić information content (AvgIpc) is 3.09. The van der Waals surface area contributed by atoms with Crippen LogP contribution >= 0.6 is 0 Å². The Morgan fingerprint density at radius 3 is 2.88 bits per heavy atom. The van der Waals surface area contributed by atoms with E-state index in [9.17, 15) is 0 Å². The molecule has 0 aromatic rings. The van der Waals surface area contributed by atoms with Crippen LogP contribution in [0.25, 0.3) is 0 Å². The highest BCUT2D eigenvalue weighted by Gasteiger charge is 2.35. The third-order valence-electron chi connectivity index (χ3n) is 3.27. The van der Waals surface area contributed by atoms with Crippen molar-refractivity contribution in [2.75, 3.05) is 19.8 Å². The molecule has 1 aliphatic carbocycles. The van der Waals surface area contributed by atoms with E-state index in [-0.39, 0.29) is 6.29 Å². The van der Waals surface area contributed by atoms with Crippen molar-refractivity contribution in [3.63, 3.8) is 0 Å². The molecule has 1 N–H and O–H groups in total. The van der Waals surface area contributed by atoms with Crippen LogP contribution in [0.1, 0.15) is 32.1 Å². The van der Waals surface area contributed by atoms with Gasteiger partial charge in [-0.2, -0.15) is 0 Å². The Hall–Kier alpha value is -0.560. The third kappa shape index (κ3) is 3.79. The molecule has 2 fully saturated rings. The molecule has 0 amide bonds. The van der Waals surface area contributed by atoms with E-state index in [1.54, 1.807) is 0 Å². The molecule has 0 bridgehead atoms. The quantitative estimate of drug-likeness (QED) is 0.736. The fraction of sp³-hybridized carbons (Fsp3) is 0.846. The molecule has 2 aliphatic rings. The first-order valence-corrected chi connectivity index (χ1v) is 6.20. The van der Waals surface area contributed by atoms with Crippen molar-refractivity contribution in [2.24, 2.45) is 11.8 Å². The van der Waals surface area contributed by atoms with E-state index in [1.807, 2.05) is 0 Å². The summed E-state index contributed by atoms with van der Waals surface area (Å²) >= 11 is 0. The number of hydrogen-bond donors (Lipinski definition) is 1. The van der Waals surface area contributed by atoms with E-state index in [0.29, 0.717) is 25.0 Å². The van der Waals surface area contributed by atoms with Gasteiger partial charge in [-0.15, -0.1) is 5.92 Å². The summed E-state index contributed by atoms with van der Waals surface area (Å²) in [7, 11) is 0. The molecule has 90 valence electrons. The smallest absolute Gasteiger partial charge is 0.158 e. The monoisotopic (exact) mass is 224 g/mol. The molecule has 3 heteroatoms. The zero-order valence-electron chi connectivity index (χ0n) is 9.65. The second-order valence-corrected chi connectivity index (χ2v) is 4.60. The van der Waals surface area contributed by atoms with Crippen LogP contribution in [-0.2, 0) is 9.47 Å². The first-order chi connectivity index (χ1) is 7.90. The SMILES string of the molecule is OCC1CC1CC#CCOC1CCCCO1. The minimum Gasteiger partial charge on any atom is -0.396 e. The van der Waals surface area contributed by atoms with E-state index in [2.05, 4.69) is 11.8 Å². The van der Waals surface area contributed by atoms with Gasteiger partial charge in [0.2, 0.25) is 0 Å². The molecule has 1 aliphatic heterocycles. The van der Waals surface area contributed by atoms with Crippen LogP contribution in [0.2, 0.25) is 0 Å². The van der Waals surface area contributed by atoms with Crippen molar-refractivity contribution >= 4 is 0 Å². The van der Waals surface area contributed by atoms with Gasteiger partial charge in [-0.3, -0.25) is 0 Å². The molecule has 0 aromatic carbocycles. The predicted molar refractivity (Wildman–Crippen MR) is 60.6 cm³/mol. The van der Waals surface area contributed by atoms with Crippen LogP contribution in [0.4, 0.5) is 0 Å². The van der Waals surface area contributed by atoms with Gasteiger partial charge in [-0.25, -0.2) is 0 Å². The highest BCUT2D eigenvalue weighted by molar-refractivity contribution is 5.04. The molecule has 2 rings (SSSR count). The number of rotatable bonds is 4. The van der Waals surface area contributed by atoms with Gasteiger partial charge in [0, 0.05) is 19.6 Å². The maximum Gasteiger partial charge on any atom is 0.158 e. The minimum atomic E-state index is -0.0332. The predicted octanol–water partition coefficient (Wildman–Crippen LogP) is 1.55. The average molecular weight is 224 g/mol. The van der Waals surface area contributed by atoms with Crippen molar-refractivity contribution in [1.29, 1.82) is 0 Å². The summed E-state index contributed by atoms with van der Waals surface area (Å²) in [6.45, 7) is 1.61. The second-order valence-electron chi connectivity index (χ2n) is 4.60. The zero-order valence-corrected chi connectivity index (χ0v) is 9.65. The van der Waals surface area contributed by atoms with Gasteiger partial charge in [-0.1, -0.05) is 5.92 Å². The van der Waals surface area contributed by atoms with E-state index < -0.39 is 0 Å². The van der Waals surface area contributed by atoms with Gasteiger partial charge >= 0.3 is 0 Å². The summed E-state index contributed by atoms with van der Waals surface area (Å²) in [6.07, 6.45) is 5.34. The summed E-state index contributed by atoms with van der Waals surface area (Å²) in [5.74, 6) is 7.26. The number of aliphatic hydroxyl groups excluding tert-OH is 1. The van der Waals surface area contributed by atoms with Crippen molar-refractivity contribution in [2.45, 2.75) is 38.4 Å². The van der Waals surface area contributed by atoms with Gasteiger partial charge in [0.05, 0.1) is 0 Å². The zero-order chi connectivity index (χ0) is 11.2. The number of ether oxygens (including phenoxy) is 2. The molecule has 16 heavy (non-hydrogen) atoms. The molecule has 1 saturated carbocycles. The molecule has 0 radical (unpaired) electrons. The first kappa shape index (κ1) is 11.9. The van der Waals surface area contributed by atoms with Crippen LogP contribution in [-0.4, -0.2) is 31.2 Å². The fourth-order valence-electron chi connectivity index (χ4n) is 2.02.